The van der Waals surface area contributed by atoms with Crippen LogP contribution in [0.4, 0.5) is 0 Å². The van der Waals surface area contributed by atoms with Crippen LogP contribution >= 0.6 is 0 Å². The highest BCUT2D eigenvalue weighted by molar-refractivity contribution is 5.92. The molecule has 7 heteroatoms. The van der Waals surface area contributed by atoms with Gasteiger partial charge in [-0.05, 0) is 49.4 Å². The molecule has 0 bridgehead atoms. The lowest BCUT2D eigenvalue weighted by Gasteiger charge is -2.33. The van der Waals surface area contributed by atoms with Crippen molar-refractivity contribution >= 4 is 5.91 Å². The Hall–Kier alpha value is -3.09. The number of pyridine rings is 1. The Bertz CT molecular complexity index is 998. The predicted molar refractivity (Wildman–Crippen MR) is 111 cm³/mol. The van der Waals surface area contributed by atoms with Crippen molar-refractivity contribution in [3.05, 3.63) is 59.7 Å². The fourth-order valence-electron chi connectivity index (χ4n) is 3.84. The molecular formula is C22H26N6O. The molecule has 150 valence electrons. The molecule has 0 saturated carbocycles. The SMILES string of the molecule is Cc1ncc(-c2ccncc2)c([C@@H]2CCCN(C(=O)c3cc(C(C)C)[nH]n3)C2)n1. The number of piperidine rings is 1. The van der Waals surface area contributed by atoms with Crippen molar-refractivity contribution in [2.45, 2.75) is 45.4 Å². The number of hydrogen-bond donors (Lipinski definition) is 1. The van der Waals surface area contributed by atoms with Crippen LogP contribution in [0, 0.1) is 6.92 Å². The van der Waals surface area contributed by atoms with Crippen LogP contribution in [-0.2, 0) is 0 Å². The third kappa shape index (κ3) is 4.04. The van der Waals surface area contributed by atoms with Crippen molar-refractivity contribution in [3.63, 3.8) is 0 Å². The molecule has 1 N–H and O–H groups in total. The molecule has 7 nitrogen and oxygen atoms in total. The quantitative estimate of drug-likeness (QED) is 0.734. The Morgan fingerprint density at radius 2 is 2.07 bits per heavy atom. The van der Waals surface area contributed by atoms with Gasteiger partial charge in [-0.1, -0.05) is 13.8 Å². The van der Waals surface area contributed by atoms with E-state index < -0.39 is 0 Å². The molecule has 1 aliphatic heterocycles. The van der Waals surface area contributed by atoms with E-state index in [2.05, 4.69) is 34.0 Å². The highest BCUT2D eigenvalue weighted by atomic mass is 16.2. The number of H-pyrrole nitrogens is 1. The lowest BCUT2D eigenvalue weighted by molar-refractivity contribution is 0.0700. The lowest BCUT2D eigenvalue weighted by Crippen LogP contribution is -2.39. The Labute approximate surface area is 170 Å². The van der Waals surface area contributed by atoms with Gasteiger partial charge < -0.3 is 4.90 Å². The Kier molecular flexibility index (Phi) is 5.38. The molecule has 0 aliphatic carbocycles. The van der Waals surface area contributed by atoms with Gasteiger partial charge >= 0.3 is 0 Å². The zero-order chi connectivity index (χ0) is 20.4. The number of nitrogens with zero attached hydrogens (tertiary/aromatic N) is 5. The molecule has 0 spiro atoms. The monoisotopic (exact) mass is 390 g/mol. The van der Waals surface area contributed by atoms with E-state index >= 15 is 0 Å². The predicted octanol–water partition coefficient (Wildman–Crippen LogP) is 3.71. The molecule has 3 aromatic rings. The number of rotatable bonds is 4. The van der Waals surface area contributed by atoms with Gasteiger partial charge in [-0.2, -0.15) is 5.10 Å². The van der Waals surface area contributed by atoms with E-state index in [1.807, 2.05) is 36.2 Å². The maximum Gasteiger partial charge on any atom is 0.274 e. The highest BCUT2D eigenvalue weighted by Gasteiger charge is 2.29. The average molecular weight is 390 g/mol. The summed E-state index contributed by atoms with van der Waals surface area (Å²) in [5.74, 6) is 1.20. The summed E-state index contributed by atoms with van der Waals surface area (Å²) in [7, 11) is 0. The first-order valence-electron chi connectivity index (χ1n) is 10.1. The van der Waals surface area contributed by atoms with Gasteiger partial charge in [0.2, 0.25) is 0 Å². The average Bonchev–Trinajstić information content (AvgIpc) is 3.24. The van der Waals surface area contributed by atoms with Gasteiger partial charge in [-0.3, -0.25) is 14.9 Å². The van der Waals surface area contributed by atoms with Crippen molar-refractivity contribution in [2.24, 2.45) is 0 Å². The first kappa shape index (κ1) is 19.2. The molecule has 1 aliphatic rings. The van der Waals surface area contributed by atoms with Gasteiger partial charge in [0.05, 0.1) is 5.69 Å². The summed E-state index contributed by atoms with van der Waals surface area (Å²) < 4.78 is 0. The molecule has 1 saturated heterocycles. The summed E-state index contributed by atoms with van der Waals surface area (Å²) in [5.41, 5.74) is 4.54. The van der Waals surface area contributed by atoms with Crippen LogP contribution in [0.1, 0.15) is 66.2 Å². The molecule has 4 rings (SSSR count). The molecule has 1 fully saturated rings. The molecule has 29 heavy (non-hydrogen) atoms. The molecule has 0 radical (unpaired) electrons. The zero-order valence-electron chi connectivity index (χ0n) is 17.1. The van der Waals surface area contributed by atoms with Crippen LogP contribution in [0.15, 0.2) is 36.8 Å². The minimum absolute atomic E-state index is 0.0194. The van der Waals surface area contributed by atoms with Crippen LogP contribution in [0.3, 0.4) is 0 Å². The highest BCUT2D eigenvalue weighted by Crippen LogP contribution is 2.33. The summed E-state index contributed by atoms with van der Waals surface area (Å²) in [6.07, 6.45) is 7.38. The smallest absolute Gasteiger partial charge is 0.274 e. The molecular weight excluding hydrogens is 364 g/mol. The van der Waals surface area contributed by atoms with Crippen molar-refractivity contribution in [1.29, 1.82) is 0 Å². The van der Waals surface area contributed by atoms with Crippen molar-refractivity contribution in [1.82, 2.24) is 30.0 Å². The van der Waals surface area contributed by atoms with E-state index in [-0.39, 0.29) is 11.8 Å². The normalized spacial score (nSPS) is 17.0. The second-order valence-corrected chi connectivity index (χ2v) is 7.91. The number of carbonyl (C=O) groups excluding carboxylic acids is 1. The molecule has 3 aromatic heterocycles. The van der Waals surface area contributed by atoms with Crippen molar-refractivity contribution in [3.8, 4) is 11.1 Å². The van der Waals surface area contributed by atoms with Crippen molar-refractivity contribution < 1.29 is 4.79 Å². The summed E-state index contributed by atoms with van der Waals surface area (Å²) in [4.78, 5) is 28.2. The standard InChI is InChI=1S/C22H26N6O/c1-14(2)19-11-20(27-26-19)22(29)28-10-4-5-17(13-28)21-18(12-24-15(3)25-21)16-6-8-23-9-7-16/h6-9,11-12,14,17H,4-5,10,13H2,1-3H3,(H,26,27)/t17-/m1/s1. The van der Waals surface area contributed by atoms with E-state index in [0.717, 1.165) is 47.7 Å². The van der Waals surface area contributed by atoms with Gasteiger partial charge in [-0.15, -0.1) is 0 Å². The molecule has 0 unspecified atom stereocenters. The zero-order valence-corrected chi connectivity index (χ0v) is 17.1. The Morgan fingerprint density at radius 3 is 2.79 bits per heavy atom. The first-order chi connectivity index (χ1) is 14.0. The van der Waals surface area contributed by atoms with Crippen LogP contribution in [-0.4, -0.2) is 49.0 Å². The van der Waals surface area contributed by atoms with E-state index in [0.29, 0.717) is 18.2 Å². The minimum Gasteiger partial charge on any atom is -0.337 e. The number of carbonyl (C=O) groups is 1. The summed E-state index contributed by atoms with van der Waals surface area (Å²) in [6, 6.07) is 5.81. The third-order valence-corrected chi connectivity index (χ3v) is 5.46. The molecule has 4 heterocycles. The van der Waals surface area contributed by atoms with Crippen molar-refractivity contribution in [2.75, 3.05) is 13.1 Å². The van der Waals surface area contributed by atoms with E-state index in [1.54, 1.807) is 12.4 Å². The molecule has 1 amide bonds. The van der Waals surface area contributed by atoms with Crippen LogP contribution in [0.2, 0.25) is 0 Å². The molecule has 0 aromatic carbocycles. The van der Waals surface area contributed by atoms with Gasteiger partial charge in [0, 0.05) is 48.9 Å². The maximum absolute atomic E-state index is 13.0. The lowest BCUT2D eigenvalue weighted by atomic mass is 9.90. The molecule has 1 atom stereocenters. The largest absolute Gasteiger partial charge is 0.337 e. The first-order valence-corrected chi connectivity index (χ1v) is 10.1. The van der Waals surface area contributed by atoms with Gasteiger partial charge in [0.1, 0.15) is 11.5 Å². The van der Waals surface area contributed by atoms with Gasteiger partial charge in [0.25, 0.3) is 5.91 Å². The minimum atomic E-state index is -0.0194. The van der Waals surface area contributed by atoms with Gasteiger partial charge in [-0.25, -0.2) is 9.97 Å². The fraction of sp³-hybridized carbons (Fsp3) is 0.409. The fourth-order valence-corrected chi connectivity index (χ4v) is 3.84. The number of amides is 1. The number of aryl methyl sites for hydroxylation is 1. The summed E-state index contributed by atoms with van der Waals surface area (Å²) in [5, 5.41) is 7.22. The van der Waals surface area contributed by atoms with E-state index in [9.17, 15) is 4.79 Å². The maximum atomic E-state index is 13.0. The van der Waals surface area contributed by atoms with E-state index in [1.165, 1.54) is 0 Å². The summed E-state index contributed by atoms with van der Waals surface area (Å²) in [6.45, 7) is 7.45. The van der Waals surface area contributed by atoms with Crippen LogP contribution in [0.25, 0.3) is 11.1 Å². The second kappa shape index (κ2) is 8.11. The number of likely N-dealkylation sites (tertiary alicyclic amines) is 1. The number of hydrogen-bond acceptors (Lipinski definition) is 5. The Balaban J connectivity index is 1.60. The van der Waals surface area contributed by atoms with Crippen LogP contribution < -0.4 is 0 Å². The third-order valence-electron chi connectivity index (χ3n) is 5.46. The Morgan fingerprint density at radius 1 is 1.28 bits per heavy atom. The summed E-state index contributed by atoms with van der Waals surface area (Å²) >= 11 is 0. The van der Waals surface area contributed by atoms with Crippen LogP contribution in [0.5, 0.6) is 0 Å². The van der Waals surface area contributed by atoms with Gasteiger partial charge in [0.15, 0.2) is 0 Å². The second-order valence-electron chi connectivity index (χ2n) is 7.91. The number of aromatic nitrogens is 5. The topological polar surface area (TPSA) is 87.7 Å². The number of nitrogens with one attached hydrogen (secondary N) is 1. The van der Waals surface area contributed by atoms with E-state index in [4.69, 9.17) is 4.98 Å². The number of aromatic amines is 1.